The van der Waals surface area contributed by atoms with Crippen LogP contribution >= 0.6 is 0 Å². The second kappa shape index (κ2) is 9.82. The number of carbonyl (C=O) groups is 1. The van der Waals surface area contributed by atoms with Crippen LogP contribution in [0.25, 0.3) is 11.5 Å². The van der Waals surface area contributed by atoms with Crippen molar-refractivity contribution >= 4 is 17.8 Å². The summed E-state index contributed by atoms with van der Waals surface area (Å²) >= 11 is 0. The van der Waals surface area contributed by atoms with Gasteiger partial charge in [0.05, 0.1) is 29.2 Å². The summed E-state index contributed by atoms with van der Waals surface area (Å²) in [7, 11) is 2.06. The number of nitrogens with zero attached hydrogens (tertiary/aromatic N) is 5. The Morgan fingerprint density at radius 3 is 2.53 bits per heavy atom. The molecule has 32 heavy (non-hydrogen) atoms. The lowest BCUT2D eigenvalue weighted by atomic mass is 10.0. The van der Waals surface area contributed by atoms with E-state index in [9.17, 15) is 13.6 Å². The summed E-state index contributed by atoms with van der Waals surface area (Å²) in [6.07, 6.45) is 1.51. The van der Waals surface area contributed by atoms with Crippen LogP contribution in [0.2, 0.25) is 0 Å². The average Bonchev–Trinajstić information content (AvgIpc) is 3.34. The largest absolute Gasteiger partial charge is 0.415 e. The fourth-order valence-electron chi connectivity index (χ4n) is 3.83. The molecule has 3 aromatic rings. The molecule has 0 spiro atoms. The van der Waals surface area contributed by atoms with Crippen molar-refractivity contribution in [1.29, 1.82) is 0 Å². The van der Waals surface area contributed by atoms with E-state index in [2.05, 4.69) is 32.4 Å². The molecule has 0 radical (unpaired) electrons. The van der Waals surface area contributed by atoms with Crippen molar-refractivity contribution in [3.05, 3.63) is 54.2 Å². The van der Waals surface area contributed by atoms with Gasteiger partial charge >= 0.3 is 6.43 Å². The zero-order chi connectivity index (χ0) is 22.5. The van der Waals surface area contributed by atoms with Crippen LogP contribution in [-0.2, 0) is 11.3 Å². The lowest BCUT2D eigenvalue weighted by Gasteiger charge is -2.35. The first-order valence-corrected chi connectivity index (χ1v) is 10.4. The van der Waals surface area contributed by atoms with Crippen LogP contribution in [0.15, 0.2) is 47.0 Å². The summed E-state index contributed by atoms with van der Waals surface area (Å²) in [6.45, 7) is 2.21. The number of carbonyl (C=O) groups excluding carboxylic acids is 1. The van der Waals surface area contributed by atoms with Gasteiger partial charge in [-0.25, -0.2) is 0 Å². The molecule has 1 fully saturated rings. The topological polar surface area (TPSA) is 87.4 Å². The number of benzene rings is 1. The third kappa shape index (κ3) is 4.75. The summed E-state index contributed by atoms with van der Waals surface area (Å²) in [5, 5.41) is 10.3. The number of halogens is 2. The molecular formula is C22H24F2N6O2. The summed E-state index contributed by atoms with van der Waals surface area (Å²) < 4.78 is 30.3. The second-order valence-electron chi connectivity index (χ2n) is 7.60. The molecule has 0 bridgehead atoms. The monoisotopic (exact) mass is 442 g/mol. The van der Waals surface area contributed by atoms with E-state index >= 15 is 0 Å². The summed E-state index contributed by atoms with van der Waals surface area (Å²) in [5.41, 5.74) is 2.84. The lowest BCUT2D eigenvalue weighted by Crippen LogP contribution is -2.41. The Labute approximate surface area is 184 Å². The molecule has 3 heterocycles. The van der Waals surface area contributed by atoms with Crippen molar-refractivity contribution in [2.45, 2.75) is 31.9 Å². The Kier molecular flexibility index (Phi) is 6.69. The summed E-state index contributed by atoms with van der Waals surface area (Å²) in [5.74, 6) is -0.758. The van der Waals surface area contributed by atoms with Crippen LogP contribution in [-0.4, -0.2) is 47.8 Å². The first-order chi connectivity index (χ1) is 15.6. The molecule has 2 aromatic heterocycles. The minimum Gasteiger partial charge on any atom is -0.415 e. The SMILES string of the molecule is CN(c1ccccc1N(C=O)Cc1ccc(-c2nnc(C(F)F)o2)cn1)C1CCNCC1. The third-order valence-electron chi connectivity index (χ3n) is 5.59. The third-order valence-corrected chi connectivity index (χ3v) is 5.59. The highest BCUT2D eigenvalue weighted by molar-refractivity contribution is 5.84. The minimum atomic E-state index is -2.83. The molecule has 0 atom stereocenters. The average molecular weight is 442 g/mol. The molecule has 1 aromatic carbocycles. The van der Waals surface area contributed by atoms with E-state index in [0.717, 1.165) is 43.7 Å². The molecule has 0 saturated carbocycles. The molecule has 4 rings (SSSR count). The van der Waals surface area contributed by atoms with Gasteiger partial charge in [0.25, 0.3) is 5.89 Å². The number of alkyl halides is 2. The molecule has 0 aliphatic carbocycles. The Morgan fingerprint density at radius 1 is 1.16 bits per heavy atom. The molecule has 8 nitrogen and oxygen atoms in total. The van der Waals surface area contributed by atoms with Crippen molar-refractivity contribution < 1.29 is 18.0 Å². The van der Waals surface area contributed by atoms with Crippen molar-refractivity contribution in [1.82, 2.24) is 20.5 Å². The van der Waals surface area contributed by atoms with Crippen LogP contribution in [0.4, 0.5) is 20.2 Å². The molecule has 1 saturated heterocycles. The fourth-order valence-corrected chi connectivity index (χ4v) is 3.83. The van der Waals surface area contributed by atoms with E-state index in [1.165, 1.54) is 6.20 Å². The van der Waals surface area contributed by atoms with Crippen LogP contribution in [0.5, 0.6) is 0 Å². The number of hydrogen-bond donors (Lipinski definition) is 1. The van der Waals surface area contributed by atoms with E-state index < -0.39 is 12.3 Å². The van der Waals surface area contributed by atoms with Crippen molar-refractivity contribution in [3.8, 4) is 11.5 Å². The van der Waals surface area contributed by atoms with Gasteiger partial charge in [-0.2, -0.15) is 8.78 Å². The predicted octanol–water partition coefficient (Wildman–Crippen LogP) is 3.42. The Bertz CT molecular complexity index is 1040. The van der Waals surface area contributed by atoms with Gasteiger partial charge in [0.1, 0.15) is 0 Å². The normalized spacial score (nSPS) is 14.5. The van der Waals surface area contributed by atoms with E-state index in [1.54, 1.807) is 17.0 Å². The standard InChI is InChI=1S/C22H24F2N6O2/c1-29(17-8-10-25-11-9-17)18-4-2-3-5-19(18)30(14-31)13-16-7-6-15(12-26-16)21-27-28-22(32-21)20(23)24/h2-7,12,14,17,20,25H,8-11,13H2,1H3. The predicted molar refractivity (Wildman–Crippen MR) is 115 cm³/mol. The summed E-state index contributed by atoms with van der Waals surface area (Å²) in [6, 6.07) is 11.6. The number of piperidine rings is 1. The van der Waals surface area contributed by atoms with Gasteiger partial charge in [0.15, 0.2) is 0 Å². The van der Waals surface area contributed by atoms with Gasteiger partial charge in [-0.3, -0.25) is 9.78 Å². The van der Waals surface area contributed by atoms with E-state index in [-0.39, 0.29) is 12.4 Å². The van der Waals surface area contributed by atoms with Crippen LogP contribution in [0, 0.1) is 0 Å². The molecular weight excluding hydrogens is 418 g/mol. The molecule has 1 aliphatic heterocycles. The van der Waals surface area contributed by atoms with E-state index in [1.807, 2.05) is 24.3 Å². The van der Waals surface area contributed by atoms with Gasteiger partial charge in [-0.1, -0.05) is 12.1 Å². The van der Waals surface area contributed by atoms with Gasteiger partial charge in [0, 0.05) is 19.3 Å². The quantitative estimate of drug-likeness (QED) is 0.535. The van der Waals surface area contributed by atoms with Crippen molar-refractivity contribution in [2.24, 2.45) is 0 Å². The maximum absolute atomic E-state index is 12.7. The fraction of sp³-hybridized carbons (Fsp3) is 0.364. The number of para-hydroxylation sites is 2. The second-order valence-corrected chi connectivity index (χ2v) is 7.60. The number of nitrogens with one attached hydrogen (secondary N) is 1. The lowest BCUT2D eigenvalue weighted by molar-refractivity contribution is -0.107. The molecule has 10 heteroatoms. The van der Waals surface area contributed by atoms with E-state index in [4.69, 9.17) is 4.42 Å². The zero-order valence-corrected chi connectivity index (χ0v) is 17.6. The highest BCUT2D eigenvalue weighted by Crippen LogP contribution is 2.31. The van der Waals surface area contributed by atoms with Gasteiger partial charge in [0.2, 0.25) is 12.3 Å². The molecule has 0 unspecified atom stereocenters. The van der Waals surface area contributed by atoms with Gasteiger partial charge in [-0.05, 0) is 50.2 Å². The minimum absolute atomic E-state index is 0.0273. The first kappa shape index (κ1) is 21.8. The molecule has 1 N–H and O–H groups in total. The van der Waals surface area contributed by atoms with Crippen LogP contribution in [0.3, 0.4) is 0 Å². The maximum Gasteiger partial charge on any atom is 0.314 e. The number of aromatic nitrogens is 3. The highest BCUT2D eigenvalue weighted by Gasteiger charge is 2.22. The molecule has 168 valence electrons. The smallest absolute Gasteiger partial charge is 0.314 e. The van der Waals surface area contributed by atoms with Gasteiger partial charge in [-0.15, -0.1) is 10.2 Å². The number of anilines is 2. The first-order valence-electron chi connectivity index (χ1n) is 10.4. The van der Waals surface area contributed by atoms with E-state index in [0.29, 0.717) is 17.3 Å². The number of pyridine rings is 1. The summed E-state index contributed by atoms with van der Waals surface area (Å²) in [4.78, 5) is 20.2. The Morgan fingerprint density at radius 2 is 1.91 bits per heavy atom. The Hall–Kier alpha value is -3.40. The van der Waals surface area contributed by atoms with Gasteiger partial charge < -0.3 is 19.5 Å². The van der Waals surface area contributed by atoms with Crippen LogP contribution in [0.1, 0.15) is 30.9 Å². The molecule has 1 aliphatic rings. The number of hydrogen-bond acceptors (Lipinski definition) is 7. The highest BCUT2D eigenvalue weighted by atomic mass is 19.3. The Balaban J connectivity index is 1.52. The number of rotatable bonds is 8. The van der Waals surface area contributed by atoms with Crippen molar-refractivity contribution in [2.75, 3.05) is 29.9 Å². The maximum atomic E-state index is 12.7. The zero-order valence-electron chi connectivity index (χ0n) is 17.6. The molecule has 1 amide bonds. The van der Waals surface area contributed by atoms with Crippen LogP contribution < -0.4 is 15.1 Å². The van der Waals surface area contributed by atoms with Crippen molar-refractivity contribution in [3.63, 3.8) is 0 Å². The number of amides is 1.